The first kappa shape index (κ1) is 13.9. The first-order valence-electron chi connectivity index (χ1n) is 6.67. The molecule has 0 aliphatic rings. The van der Waals surface area contributed by atoms with E-state index in [1.807, 2.05) is 50.5 Å². The van der Waals surface area contributed by atoms with Gasteiger partial charge in [-0.3, -0.25) is 0 Å². The molecule has 0 bridgehead atoms. The van der Waals surface area contributed by atoms with Crippen LogP contribution in [0.4, 0.5) is 0 Å². The van der Waals surface area contributed by atoms with Crippen LogP contribution in [-0.4, -0.2) is 14.1 Å². The van der Waals surface area contributed by atoms with Crippen molar-refractivity contribution in [3.63, 3.8) is 0 Å². The van der Waals surface area contributed by atoms with Crippen LogP contribution in [0, 0.1) is 0 Å². The molecule has 102 valence electrons. The molecule has 0 heterocycles. The average Bonchev–Trinajstić information content (AvgIpc) is 2.53. The highest BCUT2D eigenvalue weighted by Gasteiger charge is 2.12. The Morgan fingerprint density at radius 2 is 1.20 bits per heavy atom. The summed E-state index contributed by atoms with van der Waals surface area (Å²) in [5, 5.41) is 6.42. The summed E-state index contributed by atoms with van der Waals surface area (Å²) < 4.78 is 0. The van der Waals surface area contributed by atoms with Gasteiger partial charge in [0.05, 0.1) is 0 Å². The van der Waals surface area contributed by atoms with Crippen LogP contribution in [0.5, 0.6) is 0 Å². The molecule has 0 aliphatic carbocycles. The average molecular weight is 264 g/mol. The molecule has 2 aromatic rings. The zero-order chi connectivity index (χ0) is 14.4. The van der Waals surface area contributed by atoms with Gasteiger partial charge in [-0.05, 0) is 16.7 Å². The largest absolute Gasteiger partial charge is 0.374 e. The van der Waals surface area contributed by atoms with Gasteiger partial charge in [0.25, 0.3) is 0 Å². The summed E-state index contributed by atoms with van der Waals surface area (Å²) in [6, 6.07) is 20.5. The van der Waals surface area contributed by atoms with Crippen molar-refractivity contribution in [2.75, 3.05) is 14.1 Å². The molecule has 2 N–H and O–H groups in total. The second kappa shape index (κ2) is 6.62. The van der Waals surface area contributed by atoms with E-state index in [4.69, 9.17) is 0 Å². The molecular weight excluding hydrogens is 244 g/mol. The third-order valence-corrected chi connectivity index (χ3v) is 3.24. The van der Waals surface area contributed by atoms with Crippen molar-refractivity contribution in [2.45, 2.75) is 0 Å². The molecule has 0 aliphatic heterocycles. The summed E-state index contributed by atoms with van der Waals surface area (Å²) in [6.45, 7) is 4.28. The number of rotatable bonds is 5. The molecule has 2 heteroatoms. The van der Waals surface area contributed by atoms with Crippen molar-refractivity contribution in [3.8, 4) is 0 Å². The van der Waals surface area contributed by atoms with Crippen molar-refractivity contribution in [1.29, 1.82) is 0 Å². The SMILES string of the molecule is C=C(C(=C(NC)NC)c1ccccc1)c1ccccc1. The first-order valence-corrected chi connectivity index (χ1v) is 6.67. The van der Waals surface area contributed by atoms with Crippen molar-refractivity contribution < 1.29 is 0 Å². The summed E-state index contributed by atoms with van der Waals surface area (Å²) in [6.07, 6.45) is 0. The highest BCUT2D eigenvalue weighted by Crippen LogP contribution is 2.30. The zero-order valence-electron chi connectivity index (χ0n) is 12.0. The molecule has 0 saturated carbocycles. The van der Waals surface area contributed by atoms with Crippen LogP contribution in [0.3, 0.4) is 0 Å². The van der Waals surface area contributed by atoms with Crippen LogP contribution < -0.4 is 10.6 Å². The molecule has 2 nitrogen and oxygen atoms in total. The number of benzene rings is 2. The Labute approximate surface area is 120 Å². The Balaban J connectivity index is 2.54. The molecule has 0 atom stereocenters. The van der Waals surface area contributed by atoms with E-state index in [1.165, 1.54) is 0 Å². The fourth-order valence-corrected chi connectivity index (χ4v) is 2.23. The van der Waals surface area contributed by atoms with E-state index in [0.717, 1.165) is 28.1 Å². The van der Waals surface area contributed by atoms with Gasteiger partial charge in [0.2, 0.25) is 0 Å². The van der Waals surface area contributed by atoms with E-state index in [2.05, 4.69) is 41.5 Å². The Bertz CT molecular complexity index is 592. The lowest BCUT2D eigenvalue weighted by Crippen LogP contribution is -2.21. The fourth-order valence-electron chi connectivity index (χ4n) is 2.23. The van der Waals surface area contributed by atoms with Crippen molar-refractivity contribution >= 4 is 11.1 Å². The van der Waals surface area contributed by atoms with Gasteiger partial charge in [-0.15, -0.1) is 0 Å². The maximum absolute atomic E-state index is 4.28. The van der Waals surface area contributed by atoms with Gasteiger partial charge >= 0.3 is 0 Å². The second-order valence-corrected chi connectivity index (χ2v) is 4.46. The highest BCUT2D eigenvalue weighted by atomic mass is 15.1. The van der Waals surface area contributed by atoms with Crippen LogP contribution in [0.25, 0.3) is 11.1 Å². The molecule has 0 fully saturated rings. The lowest BCUT2D eigenvalue weighted by molar-refractivity contribution is 0.844. The van der Waals surface area contributed by atoms with Gasteiger partial charge in [-0.1, -0.05) is 67.2 Å². The van der Waals surface area contributed by atoms with E-state index in [1.54, 1.807) is 0 Å². The van der Waals surface area contributed by atoms with Gasteiger partial charge in [0, 0.05) is 19.7 Å². The lowest BCUT2D eigenvalue weighted by Gasteiger charge is -2.17. The summed E-state index contributed by atoms with van der Waals surface area (Å²) in [7, 11) is 3.82. The lowest BCUT2D eigenvalue weighted by atomic mass is 9.93. The third kappa shape index (κ3) is 2.91. The number of hydrogen-bond acceptors (Lipinski definition) is 2. The topological polar surface area (TPSA) is 24.1 Å². The number of hydrogen-bond donors (Lipinski definition) is 2. The minimum absolute atomic E-state index is 0.963. The van der Waals surface area contributed by atoms with Crippen LogP contribution in [-0.2, 0) is 0 Å². The molecule has 0 radical (unpaired) electrons. The van der Waals surface area contributed by atoms with Crippen molar-refractivity contribution in [1.82, 2.24) is 10.6 Å². The summed E-state index contributed by atoms with van der Waals surface area (Å²) in [5.74, 6) is 0.963. The van der Waals surface area contributed by atoms with E-state index in [9.17, 15) is 0 Å². The Morgan fingerprint density at radius 3 is 1.65 bits per heavy atom. The van der Waals surface area contributed by atoms with Gasteiger partial charge in [0.15, 0.2) is 0 Å². The van der Waals surface area contributed by atoms with E-state index >= 15 is 0 Å². The van der Waals surface area contributed by atoms with E-state index in [0.29, 0.717) is 0 Å². The quantitative estimate of drug-likeness (QED) is 0.808. The van der Waals surface area contributed by atoms with Gasteiger partial charge in [-0.25, -0.2) is 0 Å². The van der Waals surface area contributed by atoms with Crippen LogP contribution >= 0.6 is 0 Å². The molecule has 0 amide bonds. The smallest absolute Gasteiger partial charge is 0.107 e. The van der Waals surface area contributed by atoms with E-state index < -0.39 is 0 Å². The summed E-state index contributed by atoms with van der Waals surface area (Å²) in [4.78, 5) is 0. The zero-order valence-corrected chi connectivity index (χ0v) is 12.0. The molecule has 20 heavy (non-hydrogen) atoms. The van der Waals surface area contributed by atoms with Crippen molar-refractivity contribution in [3.05, 3.63) is 84.2 Å². The molecule has 0 unspecified atom stereocenters. The maximum Gasteiger partial charge on any atom is 0.107 e. The highest BCUT2D eigenvalue weighted by molar-refractivity contribution is 6.04. The second-order valence-electron chi connectivity index (χ2n) is 4.46. The molecule has 0 saturated heterocycles. The standard InChI is InChI=1S/C18H20N2/c1-14(15-10-6-4-7-11-15)17(18(19-2)20-3)16-12-8-5-9-13-16/h4-13,19-20H,1H2,2-3H3. The summed E-state index contributed by atoms with van der Waals surface area (Å²) in [5.41, 5.74) is 4.34. The molecule has 0 spiro atoms. The molecule has 0 aromatic heterocycles. The minimum Gasteiger partial charge on any atom is -0.374 e. The number of allylic oxidation sites excluding steroid dienone is 2. The molecule has 2 aromatic carbocycles. The van der Waals surface area contributed by atoms with Crippen LogP contribution in [0.15, 0.2) is 73.1 Å². The Morgan fingerprint density at radius 1 is 0.750 bits per heavy atom. The fraction of sp³-hybridized carbons (Fsp3) is 0.111. The Hall–Kier alpha value is -2.48. The van der Waals surface area contributed by atoms with Gasteiger partial charge in [0.1, 0.15) is 5.82 Å². The maximum atomic E-state index is 4.28. The molecule has 2 rings (SSSR count). The van der Waals surface area contributed by atoms with Gasteiger partial charge < -0.3 is 10.6 Å². The van der Waals surface area contributed by atoms with Crippen LogP contribution in [0.2, 0.25) is 0 Å². The monoisotopic (exact) mass is 264 g/mol. The summed E-state index contributed by atoms with van der Waals surface area (Å²) >= 11 is 0. The van der Waals surface area contributed by atoms with Crippen LogP contribution in [0.1, 0.15) is 11.1 Å². The number of nitrogens with one attached hydrogen (secondary N) is 2. The Kier molecular flexibility index (Phi) is 4.61. The predicted octanol–water partition coefficient (Wildman–Crippen LogP) is 3.51. The minimum atomic E-state index is 0.963. The van der Waals surface area contributed by atoms with Gasteiger partial charge in [-0.2, -0.15) is 0 Å². The third-order valence-electron chi connectivity index (χ3n) is 3.24. The molecular formula is C18H20N2. The first-order chi connectivity index (χ1) is 9.77. The predicted molar refractivity (Wildman–Crippen MR) is 87.0 cm³/mol. The van der Waals surface area contributed by atoms with Crippen molar-refractivity contribution in [2.24, 2.45) is 0 Å². The normalized spacial score (nSPS) is 9.70. The van der Waals surface area contributed by atoms with E-state index in [-0.39, 0.29) is 0 Å².